The van der Waals surface area contributed by atoms with Crippen LogP contribution >= 0.6 is 0 Å². The van der Waals surface area contributed by atoms with E-state index in [2.05, 4.69) is 0 Å². The Labute approximate surface area is 157 Å². The molecule has 0 aromatic heterocycles. The number of hydrogen-bond acceptors (Lipinski definition) is 6. The number of carbonyl (C=O) groups is 1. The molecule has 2 aliphatic heterocycles. The molecule has 2 saturated heterocycles. The number of aliphatic hydroxyl groups excluding tert-OH is 2. The van der Waals surface area contributed by atoms with Gasteiger partial charge in [0, 0.05) is 6.42 Å². The van der Waals surface area contributed by atoms with Crippen molar-refractivity contribution in [2.24, 2.45) is 0 Å². The summed E-state index contributed by atoms with van der Waals surface area (Å²) in [5, 5.41) is 20.7. The first-order valence-electron chi connectivity index (χ1n) is 9.23. The molecule has 0 unspecified atom stereocenters. The molecule has 0 saturated carbocycles. The van der Waals surface area contributed by atoms with Gasteiger partial charge >= 0.3 is 0 Å². The molecule has 2 heterocycles. The summed E-state index contributed by atoms with van der Waals surface area (Å²) in [6.07, 6.45) is -0.438. The van der Waals surface area contributed by atoms with Gasteiger partial charge in [-0.3, -0.25) is 4.79 Å². The van der Waals surface area contributed by atoms with Crippen LogP contribution in [0.4, 0.5) is 4.39 Å². The zero-order valence-electron chi connectivity index (χ0n) is 15.2. The summed E-state index contributed by atoms with van der Waals surface area (Å²) in [5.41, 5.74) is 0.686. The average Bonchev–Trinajstić information content (AvgIpc) is 2.66. The minimum atomic E-state index is -1.23. The zero-order valence-corrected chi connectivity index (χ0v) is 15.2. The van der Waals surface area contributed by atoms with E-state index in [9.17, 15) is 19.4 Å². The molecule has 1 aromatic rings. The Hall–Kier alpha value is -1.64. The predicted molar refractivity (Wildman–Crippen MR) is 95.3 cm³/mol. The standard InChI is InChI=1S/C20H25FO6/c1-2-3-17-25-11-16-20(27-17)19(24)18(23)15(26-16)10-14(22)9-6-12-4-7-13(21)8-5-12/h4-9,15-20,23-24H,2-3,10-11H2,1H3/b9-6+/t15-,16+,17+,18-,19+,20+/m0/s1. The van der Waals surface area contributed by atoms with Gasteiger partial charge in [0.2, 0.25) is 0 Å². The molecular weight excluding hydrogens is 355 g/mol. The number of hydrogen-bond donors (Lipinski definition) is 2. The highest BCUT2D eigenvalue weighted by Gasteiger charge is 2.48. The van der Waals surface area contributed by atoms with Crippen molar-refractivity contribution in [2.45, 2.75) is 63.0 Å². The Morgan fingerprint density at radius 1 is 1.22 bits per heavy atom. The fourth-order valence-electron chi connectivity index (χ4n) is 3.32. The van der Waals surface area contributed by atoms with E-state index >= 15 is 0 Å². The van der Waals surface area contributed by atoms with Gasteiger partial charge in [-0.1, -0.05) is 31.6 Å². The Morgan fingerprint density at radius 3 is 2.67 bits per heavy atom. The van der Waals surface area contributed by atoms with E-state index in [1.54, 1.807) is 18.2 Å². The van der Waals surface area contributed by atoms with Crippen LogP contribution in [0.2, 0.25) is 0 Å². The van der Waals surface area contributed by atoms with Gasteiger partial charge in [0.05, 0.1) is 12.7 Å². The van der Waals surface area contributed by atoms with Crippen LogP contribution in [0.25, 0.3) is 6.08 Å². The number of fused-ring (bicyclic) bond motifs is 1. The number of rotatable bonds is 6. The van der Waals surface area contributed by atoms with Crippen molar-refractivity contribution in [3.63, 3.8) is 0 Å². The fraction of sp³-hybridized carbons (Fsp3) is 0.550. The lowest BCUT2D eigenvalue weighted by atomic mass is 9.91. The number of ether oxygens (including phenoxy) is 3. The van der Waals surface area contributed by atoms with E-state index in [1.807, 2.05) is 6.92 Å². The topological polar surface area (TPSA) is 85.2 Å². The van der Waals surface area contributed by atoms with Crippen LogP contribution in [0.5, 0.6) is 0 Å². The first-order chi connectivity index (χ1) is 13.0. The summed E-state index contributed by atoms with van der Waals surface area (Å²) in [6, 6.07) is 5.73. The summed E-state index contributed by atoms with van der Waals surface area (Å²) in [4.78, 5) is 12.2. The average molecular weight is 380 g/mol. The zero-order chi connectivity index (χ0) is 19.4. The summed E-state index contributed by atoms with van der Waals surface area (Å²) in [7, 11) is 0. The molecule has 0 aliphatic carbocycles. The Bertz CT molecular complexity index is 659. The number of allylic oxidation sites excluding steroid dienone is 1. The van der Waals surface area contributed by atoms with Crippen molar-refractivity contribution >= 4 is 11.9 Å². The SMILES string of the molecule is CCC[C@@H]1OC[C@H]2O[C@@H](CC(=O)/C=C/c3ccc(F)cc3)[C@H](O)[C@@H](O)[C@@H]2O1. The van der Waals surface area contributed by atoms with E-state index in [-0.39, 0.29) is 24.6 Å². The molecule has 2 N–H and O–H groups in total. The summed E-state index contributed by atoms with van der Waals surface area (Å²) >= 11 is 0. The second-order valence-electron chi connectivity index (χ2n) is 6.90. The summed E-state index contributed by atoms with van der Waals surface area (Å²) in [6.45, 7) is 2.25. The quantitative estimate of drug-likeness (QED) is 0.733. The number of aliphatic hydroxyl groups is 2. The largest absolute Gasteiger partial charge is 0.388 e. The van der Waals surface area contributed by atoms with Gasteiger partial charge in [0.25, 0.3) is 0 Å². The molecule has 6 nitrogen and oxygen atoms in total. The lowest BCUT2D eigenvalue weighted by Crippen LogP contribution is -2.62. The molecule has 0 bridgehead atoms. The number of carbonyl (C=O) groups excluding carboxylic acids is 1. The second-order valence-corrected chi connectivity index (χ2v) is 6.90. The van der Waals surface area contributed by atoms with Crippen molar-refractivity contribution in [3.05, 3.63) is 41.7 Å². The third kappa shape index (κ3) is 5.00. The number of benzene rings is 1. The van der Waals surface area contributed by atoms with Crippen LogP contribution in [0.3, 0.4) is 0 Å². The van der Waals surface area contributed by atoms with Crippen LogP contribution < -0.4 is 0 Å². The van der Waals surface area contributed by atoms with Crippen molar-refractivity contribution in [1.82, 2.24) is 0 Å². The molecule has 3 rings (SSSR count). The van der Waals surface area contributed by atoms with Crippen LogP contribution in [0.15, 0.2) is 30.3 Å². The first-order valence-corrected chi connectivity index (χ1v) is 9.23. The first kappa shape index (κ1) is 20.1. The predicted octanol–water partition coefficient (Wildman–Crippen LogP) is 1.83. The highest BCUT2D eigenvalue weighted by molar-refractivity contribution is 5.93. The van der Waals surface area contributed by atoms with Crippen molar-refractivity contribution in [3.8, 4) is 0 Å². The van der Waals surface area contributed by atoms with Gasteiger partial charge in [0.1, 0.15) is 30.2 Å². The Kier molecular flexibility index (Phi) is 6.73. The van der Waals surface area contributed by atoms with Gasteiger partial charge in [-0.05, 0) is 30.2 Å². The van der Waals surface area contributed by atoms with E-state index in [0.717, 1.165) is 6.42 Å². The number of ketones is 1. The maximum Gasteiger partial charge on any atom is 0.158 e. The number of halogens is 1. The van der Waals surface area contributed by atoms with E-state index in [4.69, 9.17) is 14.2 Å². The second kappa shape index (κ2) is 9.03. The minimum Gasteiger partial charge on any atom is -0.388 e. The van der Waals surface area contributed by atoms with Crippen molar-refractivity contribution < 1.29 is 33.6 Å². The lowest BCUT2D eigenvalue weighted by Gasteiger charge is -2.46. The minimum absolute atomic E-state index is 0.0858. The molecule has 6 atom stereocenters. The molecule has 0 spiro atoms. The normalized spacial score (nSPS) is 33.8. The molecule has 148 valence electrons. The molecule has 7 heteroatoms. The van der Waals surface area contributed by atoms with Crippen LogP contribution in [0.1, 0.15) is 31.7 Å². The third-order valence-corrected chi connectivity index (χ3v) is 4.80. The third-order valence-electron chi connectivity index (χ3n) is 4.80. The van der Waals surface area contributed by atoms with Gasteiger partial charge in [-0.15, -0.1) is 0 Å². The molecular formula is C20H25FO6. The molecule has 0 radical (unpaired) electrons. The lowest BCUT2D eigenvalue weighted by molar-refractivity contribution is -0.325. The Balaban J connectivity index is 1.58. The highest BCUT2D eigenvalue weighted by atomic mass is 19.1. The summed E-state index contributed by atoms with van der Waals surface area (Å²) in [5.74, 6) is -0.616. The van der Waals surface area contributed by atoms with Gasteiger partial charge in [0.15, 0.2) is 12.1 Å². The monoisotopic (exact) mass is 380 g/mol. The van der Waals surface area contributed by atoms with Crippen LogP contribution in [-0.4, -0.2) is 59.4 Å². The Morgan fingerprint density at radius 2 is 1.96 bits per heavy atom. The molecule has 2 fully saturated rings. The maximum atomic E-state index is 12.9. The summed E-state index contributed by atoms with van der Waals surface area (Å²) < 4.78 is 29.9. The van der Waals surface area contributed by atoms with Crippen molar-refractivity contribution in [2.75, 3.05) is 6.61 Å². The maximum absolute atomic E-state index is 12.9. The van der Waals surface area contributed by atoms with E-state index in [0.29, 0.717) is 12.0 Å². The molecule has 2 aliphatic rings. The van der Waals surface area contributed by atoms with Gasteiger partial charge in [-0.2, -0.15) is 0 Å². The van der Waals surface area contributed by atoms with Crippen molar-refractivity contribution in [1.29, 1.82) is 0 Å². The highest BCUT2D eigenvalue weighted by Crippen LogP contribution is 2.30. The van der Waals surface area contributed by atoms with Crippen LogP contribution in [0, 0.1) is 5.82 Å². The smallest absolute Gasteiger partial charge is 0.158 e. The molecule has 1 aromatic carbocycles. The fourth-order valence-corrected chi connectivity index (χ4v) is 3.32. The van der Waals surface area contributed by atoms with Crippen LogP contribution in [-0.2, 0) is 19.0 Å². The van der Waals surface area contributed by atoms with E-state index < -0.39 is 36.8 Å². The van der Waals surface area contributed by atoms with E-state index in [1.165, 1.54) is 18.2 Å². The molecule has 0 amide bonds. The van der Waals surface area contributed by atoms with Gasteiger partial charge in [-0.25, -0.2) is 4.39 Å². The van der Waals surface area contributed by atoms with Gasteiger partial charge < -0.3 is 24.4 Å². The molecule has 27 heavy (non-hydrogen) atoms.